The van der Waals surface area contributed by atoms with Gasteiger partial charge in [0.2, 0.25) is 0 Å². The first kappa shape index (κ1) is 13.6. The maximum Gasteiger partial charge on any atom is 0.0842 e. The zero-order chi connectivity index (χ0) is 13.1. The number of hydrogen-bond acceptors (Lipinski definition) is 2. The summed E-state index contributed by atoms with van der Waals surface area (Å²) in [5.41, 5.74) is 5.47. The minimum atomic E-state index is 0.266. The highest BCUT2D eigenvalue weighted by atomic mass is 16.5. The lowest BCUT2D eigenvalue weighted by atomic mass is 9.92. The fraction of sp³-hybridized carbons (Fsp3) is 0.625. The van der Waals surface area contributed by atoms with Crippen LogP contribution < -0.4 is 5.32 Å². The van der Waals surface area contributed by atoms with Crippen molar-refractivity contribution in [3.8, 4) is 0 Å². The summed E-state index contributed by atoms with van der Waals surface area (Å²) >= 11 is 0. The molecule has 0 aliphatic carbocycles. The predicted molar refractivity (Wildman–Crippen MR) is 76.0 cm³/mol. The molecule has 2 nitrogen and oxygen atoms in total. The van der Waals surface area contributed by atoms with Gasteiger partial charge >= 0.3 is 0 Å². The lowest BCUT2D eigenvalue weighted by Crippen LogP contribution is -2.36. The van der Waals surface area contributed by atoms with E-state index in [9.17, 15) is 0 Å². The van der Waals surface area contributed by atoms with Crippen molar-refractivity contribution in [2.75, 3.05) is 13.2 Å². The van der Waals surface area contributed by atoms with Gasteiger partial charge in [0.1, 0.15) is 0 Å². The minimum absolute atomic E-state index is 0.266. The Balaban J connectivity index is 2.18. The first-order chi connectivity index (χ1) is 8.61. The van der Waals surface area contributed by atoms with Crippen LogP contribution in [0.2, 0.25) is 0 Å². The minimum Gasteiger partial charge on any atom is -0.373 e. The van der Waals surface area contributed by atoms with Crippen LogP contribution in [0.5, 0.6) is 0 Å². The SMILES string of the molecule is CCNC1CCOC(c2cc(C)c(C)cc2C)C1. The van der Waals surface area contributed by atoms with E-state index in [4.69, 9.17) is 4.74 Å². The van der Waals surface area contributed by atoms with Crippen molar-refractivity contribution < 1.29 is 4.74 Å². The molecule has 2 atom stereocenters. The largest absolute Gasteiger partial charge is 0.373 e. The van der Waals surface area contributed by atoms with E-state index in [1.165, 1.54) is 22.3 Å². The Kier molecular flexibility index (Phi) is 4.41. The van der Waals surface area contributed by atoms with Crippen molar-refractivity contribution >= 4 is 0 Å². The molecule has 1 N–H and O–H groups in total. The van der Waals surface area contributed by atoms with Crippen molar-refractivity contribution in [1.29, 1.82) is 0 Å². The molecule has 1 aromatic rings. The standard InChI is InChI=1S/C16H25NO/c1-5-17-14-6-7-18-16(10-14)15-9-12(3)11(2)8-13(15)4/h8-9,14,16-17H,5-7,10H2,1-4H3. The fourth-order valence-corrected chi connectivity index (χ4v) is 2.82. The van der Waals surface area contributed by atoms with Crippen LogP contribution >= 0.6 is 0 Å². The van der Waals surface area contributed by atoms with E-state index in [1.807, 2.05) is 0 Å². The Labute approximate surface area is 111 Å². The maximum atomic E-state index is 5.98. The molecule has 18 heavy (non-hydrogen) atoms. The molecule has 1 aliphatic rings. The van der Waals surface area contributed by atoms with Gasteiger partial charge < -0.3 is 10.1 Å². The van der Waals surface area contributed by atoms with E-state index in [0.717, 1.165) is 26.0 Å². The lowest BCUT2D eigenvalue weighted by molar-refractivity contribution is 0.000220. The van der Waals surface area contributed by atoms with Gasteiger partial charge in [-0.3, -0.25) is 0 Å². The maximum absolute atomic E-state index is 5.98. The van der Waals surface area contributed by atoms with Gasteiger partial charge in [0.15, 0.2) is 0 Å². The number of nitrogens with one attached hydrogen (secondary N) is 1. The van der Waals surface area contributed by atoms with Gasteiger partial charge in [-0.1, -0.05) is 19.1 Å². The third-order valence-corrected chi connectivity index (χ3v) is 4.01. The highest BCUT2D eigenvalue weighted by molar-refractivity contribution is 5.38. The first-order valence-electron chi connectivity index (χ1n) is 7.04. The molecule has 100 valence electrons. The fourth-order valence-electron chi connectivity index (χ4n) is 2.82. The van der Waals surface area contributed by atoms with E-state index in [2.05, 4.69) is 45.1 Å². The molecule has 0 bridgehead atoms. The van der Waals surface area contributed by atoms with Crippen molar-refractivity contribution in [3.63, 3.8) is 0 Å². The van der Waals surface area contributed by atoms with Crippen LogP contribution in [-0.2, 0) is 4.74 Å². The molecule has 2 unspecified atom stereocenters. The van der Waals surface area contributed by atoms with Gasteiger partial charge in [0.05, 0.1) is 6.10 Å². The van der Waals surface area contributed by atoms with E-state index >= 15 is 0 Å². The summed E-state index contributed by atoms with van der Waals surface area (Å²) in [7, 11) is 0. The van der Waals surface area contributed by atoms with E-state index in [-0.39, 0.29) is 6.10 Å². The summed E-state index contributed by atoms with van der Waals surface area (Å²) < 4.78 is 5.98. The van der Waals surface area contributed by atoms with Crippen molar-refractivity contribution in [2.45, 2.75) is 52.7 Å². The summed E-state index contributed by atoms with van der Waals surface area (Å²) in [5.74, 6) is 0. The average Bonchev–Trinajstić information content (AvgIpc) is 2.34. The summed E-state index contributed by atoms with van der Waals surface area (Å²) in [6.45, 7) is 10.6. The van der Waals surface area contributed by atoms with Gasteiger partial charge in [-0.25, -0.2) is 0 Å². The predicted octanol–water partition coefficient (Wildman–Crippen LogP) is 3.44. The molecule has 0 saturated carbocycles. The Morgan fingerprint density at radius 1 is 1.17 bits per heavy atom. The molecule has 1 saturated heterocycles. The third kappa shape index (κ3) is 2.93. The first-order valence-corrected chi connectivity index (χ1v) is 7.04. The number of ether oxygens (including phenoxy) is 1. The van der Waals surface area contributed by atoms with Crippen LogP contribution in [0.3, 0.4) is 0 Å². The van der Waals surface area contributed by atoms with E-state index in [1.54, 1.807) is 0 Å². The highest BCUT2D eigenvalue weighted by Crippen LogP contribution is 2.31. The van der Waals surface area contributed by atoms with Crippen molar-refractivity contribution in [2.24, 2.45) is 0 Å². The van der Waals surface area contributed by atoms with E-state index in [0.29, 0.717) is 6.04 Å². The van der Waals surface area contributed by atoms with Crippen LogP contribution in [-0.4, -0.2) is 19.2 Å². The second-order valence-corrected chi connectivity index (χ2v) is 5.43. The summed E-state index contributed by atoms with van der Waals surface area (Å²) in [6.07, 6.45) is 2.49. The third-order valence-electron chi connectivity index (χ3n) is 4.01. The van der Waals surface area contributed by atoms with Gasteiger partial charge in [-0.2, -0.15) is 0 Å². The number of aryl methyl sites for hydroxylation is 3. The molecular weight excluding hydrogens is 222 g/mol. The quantitative estimate of drug-likeness (QED) is 0.883. The summed E-state index contributed by atoms with van der Waals surface area (Å²) in [4.78, 5) is 0. The molecule has 0 radical (unpaired) electrons. The second-order valence-electron chi connectivity index (χ2n) is 5.43. The average molecular weight is 247 g/mol. The van der Waals surface area contributed by atoms with Crippen LogP contribution in [0.1, 0.15) is 48.1 Å². The zero-order valence-corrected chi connectivity index (χ0v) is 12.0. The van der Waals surface area contributed by atoms with Gasteiger partial charge in [0.25, 0.3) is 0 Å². The zero-order valence-electron chi connectivity index (χ0n) is 12.0. The Bertz CT molecular complexity index is 412. The lowest BCUT2D eigenvalue weighted by Gasteiger charge is -2.31. The summed E-state index contributed by atoms with van der Waals surface area (Å²) in [6, 6.07) is 5.20. The van der Waals surface area contributed by atoms with Crippen molar-refractivity contribution in [3.05, 3.63) is 34.4 Å². The molecule has 1 aliphatic heterocycles. The van der Waals surface area contributed by atoms with Crippen molar-refractivity contribution in [1.82, 2.24) is 5.32 Å². The van der Waals surface area contributed by atoms with Gasteiger partial charge in [-0.15, -0.1) is 0 Å². The smallest absolute Gasteiger partial charge is 0.0842 e. The molecule has 1 aromatic carbocycles. The van der Waals surface area contributed by atoms with Crippen LogP contribution in [0.4, 0.5) is 0 Å². The molecular formula is C16H25NO. The van der Waals surface area contributed by atoms with Crippen LogP contribution in [0.25, 0.3) is 0 Å². The van der Waals surface area contributed by atoms with Gasteiger partial charge in [-0.05, 0) is 62.4 Å². The normalized spacial score (nSPS) is 24.2. The molecule has 0 aromatic heterocycles. The van der Waals surface area contributed by atoms with Crippen LogP contribution in [0, 0.1) is 20.8 Å². The molecule has 0 amide bonds. The monoisotopic (exact) mass is 247 g/mol. The molecule has 2 heteroatoms. The van der Waals surface area contributed by atoms with E-state index < -0.39 is 0 Å². The highest BCUT2D eigenvalue weighted by Gasteiger charge is 2.24. The number of benzene rings is 1. The molecule has 0 spiro atoms. The van der Waals surface area contributed by atoms with Gasteiger partial charge in [0, 0.05) is 12.6 Å². The Hall–Kier alpha value is -0.860. The summed E-state index contributed by atoms with van der Waals surface area (Å²) in [5, 5.41) is 3.55. The molecule has 1 heterocycles. The number of hydrogen-bond donors (Lipinski definition) is 1. The number of rotatable bonds is 3. The van der Waals surface area contributed by atoms with Crippen LogP contribution in [0.15, 0.2) is 12.1 Å². The molecule has 2 rings (SSSR count). The Morgan fingerprint density at radius 3 is 2.61 bits per heavy atom. The second kappa shape index (κ2) is 5.85. The topological polar surface area (TPSA) is 21.3 Å². The molecule has 1 fully saturated rings. The Morgan fingerprint density at radius 2 is 1.89 bits per heavy atom.